The molecule has 0 unspecified atom stereocenters. The van der Waals surface area contributed by atoms with Crippen LogP contribution in [0, 0.1) is 25.6 Å². The third-order valence-corrected chi connectivity index (χ3v) is 9.61. The number of carbonyl (C=O) groups excluding carboxylic acids is 2. The minimum atomic E-state index is -0.240. The second-order valence-electron chi connectivity index (χ2n) is 13.1. The summed E-state index contributed by atoms with van der Waals surface area (Å²) in [6.45, 7) is 16.9. The normalized spacial score (nSPS) is 21.5. The lowest BCUT2D eigenvalue weighted by atomic mass is 9.77. The number of nitrogens with one attached hydrogen (secondary N) is 1. The third-order valence-electron chi connectivity index (χ3n) is 9.21. The van der Waals surface area contributed by atoms with Crippen molar-refractivity contribution in [3.63, 3.8) is 0 Å². The maximum Gasteiger partial charge on any atom is 0.226 e. The molecular formula is C34H47ClFN3O2. The van der Waals surface area contributed by atoms with Gasteiger partial charge in [0, 0.05) is 49.0 Å². The van der Waals surface area contributed by atoms with E-state index < -0.39 is 0 Å². The van der Waals surface area contributed by atoms with Gasteiger partial charge in [0.05, 0.1) is 6.04 Å². The van der Waals surface area contributed by atoms with Gasteiger partial charge in [-0.2, -0.15) is 0 Å². The zero-order valence-corrected chi connectivity index (χ0v) is 26.6. The van der Waals surface area contributed by atoms with Crippen LogP contribution >= 0.6 is 11.6 Å². The fourth-order valence-electron chi connectivity index (χ4n) is 6.77. The van der Waals surface area contributed by atoms with Gasteiger partial charge < -0.3 is 10.2 Å². The smallest absolute Gasteiger partial charge is 0.226 e. The summed E-state index contributed by atoms with van der Waals surface area (Å²) >= 11 is 6.59. The Hall–Kier alpha value is -2.44. The van der Waals surface area contributed by atoms with E-state index in [-0.39, 0.29) is 47.0 Å². The SMILES string of the molecule is CC[C@@H](NC(C)=O)c1cc(C)c(Cl)cc1C1CCN(C(=O)[C@@H]2CCN(C(C)(C)C)C[C@H]2c2ccc(C)cc2F)CC1. The Kier molecular flexibility index (Phi) is 9.85. The van der Waals surface area contributed by atoms with Crippen LogP contribution in [0.2, 0.25) is 5.02 Å². The lowest BCUT2D eigenvalue weighted by molar-refractivity contribution is -0.139. The molecule has 2 aliphatic rings. The largest absolute Gasteiger partial charge is 0.350 e. The van der Waals surface area contributed by atoms with Crippen LogP contribution in [0.25, 0.3) is 0 Å². The Balaban J connectivity index is 1.54. The second-order valence-corrected chi connectivity index (χ2v) is 13.5. The molecule has 0 aliphatic carbocycles. The first-order valence-corrected chi connectivity index (χ1v) is 15.5. The van der Waals surface area contributed by atoms with E-state index in [0.29, 0.717) is 25.2 Å². The van der Waals surface area contributed by atoms with Crippen LogP contribution in [0.5, 0.6) is 0 Å². The average Bonchev–Trinajstić information content (AvgIpc) is 2.92. The van der Waals surface area contributed by atoms with Crippen molar-refractivity contribution in [1.29, 1.82) is 0 Å². The molecule has 1 N–H and O–H groups in total. The number of likely N-dealkylation sites (tertiary alicyclic amines) is 2. The van der Waals surface area contributed by atoms with Crippen LogP contribution < -0.4 is 5.32 Å². The molecule has 224 valence electrons. The molecular weight excluding hydrogens is 537 g/mol. The predicted molar refractivity (Wildman–Crippen MR) is 165 cm³/mol. The van der Waals surface area contributed by atoms with Gasteiger partial charge in [0.15, 0.2) is 0 Å². The summed E-state index contributed by atoms with van der Waals surface area (Å²) in [6, 6.07) is 9.54. The van der Waals surface area contributed by atoms with E-state index in [1.165, 1.54) is 5.56 Å². The molecule has 7 heteroatoms. The van der Waals surface area contributed by atoms with Crippen molar-refractivity contribution < 1.29 is 14.0 Å². The molecule has 4 rings (SSSR count). The molecule has 0 bridgehead atoms. The van der Waals surface area contributed by atoms with E-state index >= 15 is 4.39 Å². The molecule has 2 amide bonds. The summed E-state index contributed by atoms with van der Waals surface area (Å²) in [5, 5.41) is 3.83. The molecule has 5 nitrogen and oxygen atoms in total. The van der Waals surface area contributed by atoms with Crippen molar-refractivity contribution in [3.8, 4) is 0 Å². The molecule has 0 saturated carbocycles. The second kappa shape index (κ2) is 12.8. The zero-order chi connectivity index (χ0) is 30.1. The van der Waals surface area contributed by atoms with Crippen LogP contribution in [0.1, 0.15) is 106 Å². The fourth-order valence-corrected chi connectivity index (χ4v) is 6.94. The lowest BCUT2D eigenvalue weighted by Gasteiger charge is -2.46. The number of benzene rings is 2. The van der Waals surface area contributed by atoms with E-state index in [4.69, 9.17) is 11.6 Å². The number of halogens is 2. The monoisotopic (exact) mass is 583 g/mol. The van der Waals surface area contributed by atoms with Gasteiger partial charge in [0.2, 0.25) is 11.8 Å². The molecule has 0 radical (unpaired) electrons. The molecule has 2 aliphatic heterocycles. The molecule has 2 fully saturated rings. The Morgan fingerprint density at radius 1 is 1.05 bits per heavy atom. The van der Waals surface area contributed by atoms with E-state index in [2.05, 4.69) is 50.0 Å². The van der Waals surface area contributed by atoms with E-state index in [0.717, 1.165) is 53.9 Å². The quantitative estimate of drug-likeness (QED) is 0.388. The van der Waals surface area contributed by atoms with Gasteiger partial charge in [-0.3, -0.25) is 14.5 Å². The number of hydrogen-bond donors (Lipinski definition) is 1. The van der Waals surface area contributed by atoms with Crippen molar-refractivity contribution in [2.24, 2.45) is 5.92 Å². The highest BCUT2D eigenvalue weighted by Gasteiger charge is 2.41. The number of aryl methyl sites for hydroxylation is 2. The minimum absolute atomic E-state index is 0.0482. The topological polar surface area (TPSA) is 52.7 Å². The van der Waals surface area contributed by atoms with Gasteiger partial charge in [-0.15, -0.1) is 0 Å². The Morgan fingerprint density at radius 3 is 2.32 bits per heavy atom. The van der Waals surface area contributed by atoms with Gasteiger partial charge in [0.1, 0.15) is 5.82 Å². The molecule has 3 atom stereocenters. The van der Waals surface area contributed by atoms with Crippen LogP contribution in [0.3, 0.4) is 0 Å². The first kappa shape index (κ1) is 31.5. The fraction of sp³-hybridized carbons (Fsp3) is 0.588. The van der Waals surface area contributed by atoms with Crippen molar-refractivity contribution in [2.75, 3.05) is 26.2 Å². The summed E-state index contributed by atoms with van der Waals surface area (Å²) in [6.07, 6.45) is 3.17. The highest BCUT2D eigenvalue weighted by atomic mass is 35.5. The molecule has 2 saturated heterocycles. The first-order valence-electron chi connectivity index (χ1n) is 15.2. The van der Waals surface area contributed by atoms with Crippen LogP contribution in [-0.4, -0.2) is 53.3 Å². The van der Waals surface area contributed by atoms with Gasteiger partial charge in [0.25, 0.3) is 0 Å². The number of nitrogens with zero attached hydrogens (tertiary/aromatic N) is 2. The van der Waals surface area contributed by atoms with Gasteiger partial charge in [-0.05, 0) is 113 Å². The molecule has 0 aromatic heterocycles. The predicted octanol–water partition coefficient (Wildman–Crippen LogP) is 7.29. The molecule has 0 spiro atoms. The number of carbonyl (C=O) groups is 2. The van der Waals surface area contributed by atoms with Crippen molar-refractivity contribution in [2.45, 2.75) is 97.6 Å². The summed E-state index contributed by atoms with van der Waals surface area (Å²) in [7, 11) is 0. The summed E-state index contributed by atoms with van der Waals surface area (Å²) in [5.41, 5.74) is 4.79. The number of amides is 2. The molecule has 41 heavy (non-hydrogen) atoms. The Morgan fingerprint density at radius 2 is 1.73 bits per heavy atom. The van der Waals surface area contributed by atoms with Crippen LogP contribution in [0.15, 0.2) is 30.3 Å². The van der Waals surface area contributed by atoms with Crippen molar-refractivity contribution in [1.82, 2.24) is 15.1 Å². The molecule has 2 heterocycles. The Bertz CT molecular complexity index is 1270. The highest BCUT2D eigenvalue weighted by Crippen LogP contribution is 2.40. The summed E-state index contributed by atoms with van der Waals surface area (Å²) in [5.74, 6) is -0.282. The maximum atomic E-state index is 15.3. The number of rotatable bonds is 6. The third kappa shape index (κ3) is 7.14. The van der Waals surface area contributed by atoms with E-state index in [9.17, 15) is 9.59 Å². The van der Waals surface area contributed by atoms with Gasteiger partial charge >= 0.3 is 0 Å². The zero-order valence-electron chi connectivity index (χ0n) is 25.8. The van der Waals surface area contributed by atoms with E-state index in [1.807, 2.05) is 30.9 Å². The lowest BCUT2D eigenvalue weighted by Crippen LogP contribution is -2.53. The molecule has 2 aromatic carbocycles. The number of hydrogen-bond acceptors (Lipinski definition) is 3. The summed E-state index contributed by atoms with van der Waals surface area (Å²) in [4.78, 5) is 30.4. The first-order chi connectivity index (χ1) is 19.3. The molecule has 2 aromatic rings. The van der Waals surface area contributed by atoms with Crippen LogP contribution in [-0.2, 0) is 9.59 Å². The maximum absolute atomic E-state index is 15.3. The standard InChI is InChI=1S/C34H47ClFN3O2/c1-8-32(37-23(4)40)28-18-22(3)30(35)19-27(28)24-11-14-38(15-12-24)33(41)26-13-16-39(34(5,6)7)20-29(26)25-10-9-21(2)17-31(25)36/h9-10,17-19,24,26,29,32H,8,11-16,20H2,1-7H3,(H,37,40)/t26-,29+,32-/m1/s1. The highest BCUT2D eigenvalue weighted by molar-refractivity contribution is 6.31. The average molecular weight is 584 g/mol. The summed E-state index contributed by atoms with van der Waals surface area (Å²) < 4.78 is 15.3. The number of piperidine rings is 2. The van der Waals surface area contributed by atoms with E-state index in [1.54, 1.807) is 13.0 Å². The minimum Gasteiger partial charge on any atom is -0.350 e. The van der Waals surface area contributed by atoms with Gasteiger partial charge in [-0.1, -0.05) is 36.7 Å². The van der Waals surface area contributed by atoms with Crippen molar-refractivity contribution >= 4 is 23.4 Å². The van der Waals surface area contributed by atoms with Crippen LogP contribution in [0.4, 0.5) is 4.39 Å². The Labute approximate surface area is 250 Å². The van der Waals surface area contributed by atoms with Crippen molar-refractivity contribution in [3.05, 3.63) is 69.0 Å². The van der Waals surface area contributed by atoms with Gasteiger partial charge in [-0.25, -0.2) is 4.39 Å².